The number of aromatic nitrogens is 2. The first-order chi connectivity index (χ1) is 8.78. The third kappa shape index (κ3) is 1.95. The van der Waals surface area contributed by atoms with Crippen LogP contribution in [0.5, 0.6) is 0 Å². The van der Waals surface area contributed by atoms with Crippen LogP contribution in [0.3, 0.4) is 0 Å². The van der Waals surface area contributed by atoms with Crippen molar-refractivity contribution in [1.29, 1.82) is 0 Å². The predicted molar refractivity (Wildman–Crippen MR) is 73.5 cm³/mol. The molecule has 0 saturated heterocycles. The SMILES string of the molecule is Cc1nc(-c2ccc3c(c2)CCC3)c(CCN)[nH]1. The minimum Gasteiger partial charge on any atom is -0.346 e. The fourth-order valence-corrected chi connectivity index (χ4v) is 2.82. The van der Waals surface area contributed by atoms with Crippen molar-refractivity contribution >= 4 is 0 Å². The molecule has 1 aromatic carbocycles. The maximum Gasteiger partial charge on any atom is 0.103 e. The fraction of sp³-hybridized carbons (Fsp3) is 0.400. The van der Waals surface area contributed by atoms with Gasteiger partial charge in [0.15, 0.2) is 0 Å². The number of hydrogen-bond donors (Lipinski definition) is 2. The molecule has 18 heavy (non-hydrogen) atoms. The Labute approximate surface area is 107 Å². The van der Waals surface area contributed by atoms with Gasteiger partial charge in [-0.3, -0.25) is 0 Å². The largest absolute Gasteiger partial charge is 0.346 e. The molecule has 3 rings (SSSR count). The maximum atomic E-state index is 5.66. The summed E-state index contributed by atoms with van der Waals surface area (Å²) in [5.74, 6) is 0.967. The molecule has 0 radical (unpaired) electrons. The van der Waals surface area contributed by atoms with Gasteiger partial charge in [0.2, 0.25) is 0 Å². The zero-order chi connectivity index (χ0) is 12.5. The number of benzene rings is 1. The number of imidazole rings is 1. The lowest BCUT2D eigenvalue weighted by Crippen LogP contribution is -2.04. The first kappa shape index (κ1) is 11.5. The molecule has 1 aliphatic rings. The number of rotatable bonds is 3. The Morgan fingerprint density at radius 1 is 1.28 bits per heavy atom. The van der Waals surface area contributed by atoms with E-state index in [2.05, 4.69) is 28.2 Å². The second-order valence-electron chi connectivity index (χ2n) is 5.03. The summed E-state index contributed by atoms with van der Waals surface area (Å²) in [4.78, 5) is 7.93. The van der Waals surface area contributed by atoms with Crippen molar-refractivity contribution in [2.24, 2.45) is 5.73 Å². The fourth-order valence-electron chi connectivity index (χ4n) is 2.82. The summed E-state index contributed by atoms with van der Waals surface area (Å²) >= 11 is 0. The van der Waals surface area contributed by atoms with Gasteiger partial charge in [-0.25, -0.2) is 4.98 Å². The molecule has 3 N–H and O–H groups in total. The summed E-state index contributed by atoms with van der Waals surface area (Å²) in [6.07, 6.45) is 4.57. The molecular formula is C15H19N3. The lowest BCUT2D eigenvalue weighted by Gasteiger charge is -2.05. The zero-order valence-electron chi connectivity index (χ0n) is 10.8. The molecule has 0 saturated carbocycles. The summed E-state index contributed by atoms with van der Waals surface area (Å²) < 4.78 is 0. The van der Waals surface area contributed by atoms with Gasteiger partial charge >= 0.3 is 0 Å². The molecule has 3 nitrogen and oxygen atoms in total. The van der Waals surface area contributed by atoms with Crippen LogP contribution >= 0.6 is 0 Å². The third-order valence-corrected chi connectivity index (χ3v) is 3.66. The molecule has 2 aromatic rings. The Morgan fingerprint density at radius 2 is 2.11 bits per heavy atom. The van der Waals surface area contributed by atoms with E-state index in [0.717, 1.165) is 23.6 Å². The number of H-pyrrole nitrogens is 1. The highest BCUT2D eigenvalue weighted by atomic mass is 14.9. The van der Waals surface area contributed by atoms with Gasteiger partial charge in [0, 0.05) is 17.7 Å². The van der Waals surface area contributed by atoms with E-state index >= 15 is 0 Å². The lowest BCUT2D eigenvalue weighted by molar-refractivity contribution is 0.912. The van der Waals surface area contributed by atoms with Crippen LogP contribution in [0, 0.1) is 6.92 Å². The first-order valence-corrected chi connectivity index (χ1v) is 6.65. The van der Waals surface area contributed by atoms with E-state index in [1.54, 1.807) is 0 Å². The minimum absolute atomic E-state index is 0.652. The molecule has 1 aliphatic carbocycles. The summed E-state index contributed by atoms with van der Waals surface area (Å²) in [6.45, 7) is 2.65. The molecular weight excluding hydrogens is 222 g/mol. The summed E-state index contributed by atoms with van der Waals surface area (Å²) in [5, 5.41) is 0. The molecule has 0 aliphatic heterocycles. The van der Waals surface area contributed by atoms with Crippen molar-refractivity contribution in [3.63, 3.8) is 0 Å². The van der Waals surface area contributed by atoms with Gasteiger partial charge in [-0.05, 0) is 49.9 Å². The second-order valence-corrected chi connectivity index (χ2v) is 5.03. The van der Waals surface area contributed by atoms with Gasteiger partial charge in [0.1, 0.15) is 5.82 Å². The first-order valence-electron chi connectivity index (χ1n) is 6.65. The van der Waals surface area contributed by atoms with Crippen molar-refractivity contribution in [3.8, 4) is 11.3 Å². The molecule has 0 spiro atoms. The molecule has 94 valence electrons. The number of fused-ring (bicyclic) bond motifs is 1. The smallest absolute Gasteiger partial charge is 0.103 e. The van der Waals surface area contributed by atoms with Crippen LogP contribution in [-0.2, 0) is 19.3 Å². The number of aryl methyl sites for hydroxylation is 3. The minimum atomic E-state index is 0.652. The molecule has 0 bridgehead atoms. The van der Waals surface area contributed by atoms with Crippen molar-refractivity contribution in [2.45, 2.75) is 32.6 Å². The standard InChI is InChI=1S/C15H19N3/c1-10-17-14(7-8-16)15(18-10)13-6-5-11-3-2-4-12(11)9-13/h5-6,9H,2-4,7-8,16H2,1H3,(H,17,18). The van der Waals surface area contributed by atoms with Crippen LogP contribution in [0.1, 0.15) is 29.1 Å². The van der Waals surface area contributed by atoms with Crippen LogP contribution < -0.4 is 5.73 Å². The number of nitrogens with two attached hydrogens (primary N) is 1. The molecule has 0 unspecified atom stereocenters. The predicted octanol–water partition coefficient (Wildman–Crippen LogP) is 2.38. The van der Waals surface area contributed by atoms with Crippen LogP contribution in [0.25, 0.3) is 11.3 Å². The number of nitrogens with zero attached hydrogens (tertiary/aromatic N) is 1. The van der Waals surface area contributed by atoms with Gasteiger partial charge in [0.25, 0.3) is 0 Å². The van der Waals surface area contributed by atoms with E-state index in [4.69, 9.17) is 5.73 Å². The number of hydrogen-bond acceptors (Lipinski definition) is 2. The Kier molecular flexibility index (Phi) is 2.92. The van der Waals surface area contributed by atoms with Gasteiger partial charge in [0.05, 0.1) is 5.69 Å². The van der Waals surface area contributed by atoms with Crippen molar-refractivity contribution in [3.05, 3.63) is 40.8 Å². The third-order valence-electron chi connectivity index (χ3n) is 3.66. The highest BCUT2D eigenvalue weighted by molar-refractivity contribution is 5.64. The van der Waals surface area contributed by atoms with Crippen LogP contribution in [0.4, 0.5) is 0 Å². The Morgan fingerprint density at radius 3 is 2.94 bits per heavy atom. The van der Waals surface area contributed by atoms with E-state index in [1.807, 2.05) is 6.92 Å². The zero-order valence-corrected chi connectivity index (χ0v) is 10.8. The molecule has 0 atom stereocenters. The average Bonchev–Trinajstić information content (AvgIpc) is 2.95. The topological polar surface area (TPSA) is 54.7 Å². The maximum absolute atomic E-state index is 5.66. The molecule has 1 aromatic heterocycles. The van der Waals surface area contributed by atoms with Crippen LogP contribution in [0.2, 0.25) is 0 Å². The summed E-state index contributed by atoms with van der Waals surface area (Å²) in [5.41, 5.74) is 12.1. The van der Waals surface area contributed by atoms with E-state index < -0.39 is 0 Å². The Hall–Kier alpha value is -1.61. The highest BCUT2D eigenvalue weighted by Crippen LogP contribution is 2.29. The summed E-state index contributed by atoms with van der Waals surface area (Å²) in [6, 6.07) is 6.76. The van der Waals surface area contributed by atoms with Crippen molar-refractivity contribution in [2.75, 3.05) is 6.54 Å². The number of aromatic amines is 1. The quantitative estimate of drug-likeness (QED) is 0.866. The molecule has 3 heteroatoms. The van der Waals surface area contributed by atoms with Crippen molar-refractivity contribution in [1.82, 2.24) is 9.97 Å². The van der Waals surface area contributed by atoms with E-state index in [-0.39, 0.29) is 0 Å². The molecule has 1 heterocycles. The summed E-state index contributed by atoms with van der Waals surface area (Å²) in [7, 11) is 0. The second kappa shape index (κ2) is 4.58. The Bertz CT molecular complexity index is 569. The lowest BCUT2D eigenvalue weighted by atomic mass is 10.0. The monoisotopic (exact) mass is 241 g/mol. The van der Waals surface area contributed by atoms with Crippen molar-refractivity contribution < 1.29 is 0 Å². The van der Waals surface area contributed by atoms with Gasteiger partial charge in [-0.15, -0.1) is 0 Å². The molecule has 0 fully saturated rings. The molecule has 0 amide bonds. The van der Waals surface area contributed by atoms with E-state index in [1.165, 1.54) is 36.0 Å². The van der Waals surface area contributed by atoms with Gasteiger partial charge in [-0.2, -0.15) is 0 Å². The van der Waals surface area contributed by atoms with E-state index in [0.29, 0.717) is 6.54 Å². The van der Waals surface area contributed by atoms with E-state index in [9.17, 15) is 0 Å². The van der Waals surface area contributed by atoms with Crippen LogP contribution in [-0.4, -0.2) is 16.5 Å². The normalized spacial score (nSPS) is 13.9. The Balaban J connectivity index is 2.03. The van der Waals surface area contributed by atoms with Gasteiger partial charge < -0.3 is 10.7 Å². The van der Waals surface area contributed by atoms with Crippen LogP contribution in [0.15, 0.2) is 18.2 Å². The highest BCUT2D eigenvalue weighted by Gasteiger charge is 2.14. The number of nitrogens with one attached hydrogen (secondary N) is 1. The van der Waals surface area contributed by atoms with Gasteiger partial charge in [-0.1, -0.05) is 12.1 Å². The average molecular weight is 241 g/mol.